The molecule has 0 saturated carbocycles. The maximum atomic E-state index is 12.2. The van der Waals surface area contributed by atoms with Gasteiger partial charge in [0.2, 0.25) is 0 Å². The molecule has 116 valence electrons. The summed E-state index contributed by atoms with van der Waals surface area (Å²) in [6.07, 6.45) is 7.09. The van der Waals surface area contributed by atoms with E-state index < -0.39 is 0 Å². The minimum absolute atomic E-state index is 0.0780. The summed E-state index contributed by atoms with van der Waals surface area (Å²) in [5.74, 6) is 0.611. The topological polar surface area (TPSA) is 75.9 Å². The van der Waals surface area contributed by atoms with E-state index in [1.54, 1.807) is 35.6 Å². The van der Waals surface area contributed by atoms with Crippen molar-refractivity contribution < 1.29 is 4.79 Å². The van der Waals surface area contributed by atoms with Gasteiger partial charge >= 0.3 is 0 Å². The predicted molar refractivity (Wildman–Crippen MR) is 81.8 cm³/mol. The molecule has 0 radical (unpaired) electrons. The molecule has 3 rings (SSSR count). The van der Waals surface area contributed by atoms with Gasteiger partial charge in [-0.1, -0.05) is 6.92 Å². The number of carbonyl (C=O) groups excluding carboxylic acids is 1. The number of likely N-dealkylation sites (tertiary alicyclic amines) is 1. The van der Waals surface area contributed by atoms with E-state index in [0.717, 1.165) is 19.5 Å². The monoisotopic (exact) mass is 300 g/mol. The molecular formula is C15H20N6O. The Hall–Kier alpha value is -2.28. The molecule has 1 atom stereocenters. The third kappa shape index (κ3) is 3.14. The van der Waals surface area contributed by atoms with Gasteiger partial charge in [0.15, 0.2) is 0 Å². The third-order valence-electron chi connectivity index (χ3n) is 4.10. The van der Waals surface area contributed by atoms with Crippen LogP contribution in [0.15, 0.2) is 31.0 Å². The Kier molecular flexibility index (Phi) is 4.43. The maximum absolute atomic E-state index is 12.2. The summed E-state index contributed by atoms with van der Waals surface area (Å²) in [7, 11) is 0. The molecule has 1 N–H and O–H groups in total. The van der Waals surface area contributed by atoms with Crippen LogP contribution in [0.4, 0.5) is 0 Å². The molecule has 0 aromatic carbocycles. The molecular weight excluding hydrogens is 280 g/mol. The van der Waals surface area contributed by atoms with Crippen molar-refractivity contribution in [3.05, 3.63) is 36.5 Å². The number of hydrogen-bond donors (Lipinski definition) is 1. The number of amides is 1. The van der Waals surface area contributed by atoms with Gasteiger partial charge in [0.1, 0.15) is 18.5 Å². The summed E-state index contributed by atoms with van der Waals surface area (Å²) in [6.45, 7) is 5.02. The Balaban J connectivity index is 1.58. The first-order chi connectivity index (χ1) is 10.8. The van der Waals surface area contributed by atoms with Gasteiger partial charge in [-0.05, 0) is 38.1 Å². The zero-order chi connectivity index (χ0) is 15.4. The van der Waals surface area contributed by atoms with E-state index in [2.05, 4.69) is 32.3 Å². The van der Waals surface area contributed by atoms with E-state index in [4.69, 9.17) is 0 Å². The van der Waals surface area contributed by atoms with E-state index in [1.807, 2.05) is 0 Å². The summed E-state index contributed by atoms with van der Waals surface area (Å²) in [4.78, 5) is 18.9. The summed E-state index contributed by atoms with van der Waals surface area (Å²) >= 11 is 0. The molecule has 22 heavy (non-hydrogen) atoms. The smallest absolute Gasteiger partial charge is 0.252 e. The lowest BCUT2D eigenvalue weighted by Crippen LogP contribution is -2.40. The highest BCUT2D eigenvalue weighted by atomic mass is 16.1. The van der Waals surface area contributed by atoms with Gasteiger partial charge in [-0.2, -0.15) is 0 Å². The van der Waals surface area contributed by atoms with E-state index in [-0.39, 0.29) is 5.91 Å². The van der Waals surface area contributed by atoms with Crippen LogP contribution in [0.1, 0.15) is 30.1 Å². The maximum Gasteiger partial charge on any atom is 0.252 e. The highest BCUT2D eigenvalue weighted by molar-refractivity contribution is 5.93. The fourth-order valence-corrected chi connectivity index (χ4v) is 2.85. The molecule has 1 fully saturated rings. The highest BCUT2D eigenvalue weighted by Gasteiger charge is 2.23. The number of hydrogen-bond acceptors (Lipinski definition) is 5. The average molecular weight is 300 g/mol. The molecule has 3 heterocycles. The Morgan fingerprint density at radius 3 is 2.86 bits per heavy atom. The number of nitrogens with zero attached hydrogens (tertiary/aromatic N) is 5. The van der Waals surface area contributed by atoms with Gasteiger partial charge < -0.3 is 5.32 Å². The van der Waals surface area contributed by atoms with Crippen LogP contribution in [0.25, 0.3) is 5.82 Å². The Morgan fingerprint density at radius 2 is 2.18 bits per heavy atom. The van der Waals surface area contributed by atoms with Crippen LogP contribution in [0.2, 0.25) is 0 Å². The van der Waals surface area contributed by atoms with Crippen molar-refractivity contribution in [2.24, 2.45) is 0 Å². The van der Waals surface area contributed by atoms with Gasteiger partial charge in [0.05, 0.1) is 5.56 Å². The van der Waals surface area contributed by atoms with Crippen molar-refractivity contribution in [2.45, 2.75) is 25.8 Å². The SMILES string of the molecule is CCN1CCC[C@H]1CNC(=O)c1ccc(-n2cnnc2)nc1. The summed E-state index contributed by atoms with van der Waals surface area (Å²) in [5.41, 5.74) is 0.567. The normalized spacial score (nSPS) is 18.5. The lowest BCUT2D eigenvalue weighted by molar-refractivity contribution is 0.0941. The van der Waals surface area contributed by atoms with Crippen LogP contribution >= 0.6 is 0 Å². The lowest BCUT2D eigenvalue weighted by atomic mass is 10.2. The van der Waals surface area contributed by atoms with E-state index in [9.17, 15) is 4.79 Å². The molecule has 1 aliphatic heterocycles. The first kappa shape index (κ1) is 14.6. The second-order valence-corrected chi connectivity index (χ2v) is 5.41. The van der Waals surface area contributed by atoms with Crippen LogP contribution in [-0.2, 0) is 0 Å². The number of carbonyl (C=O) groups is 1. The van der Waals surface area contributed by atoms with Crippen molar-refractivity contribution in [3.8, 4) is 5.82 Å². The first-order valence-corrected chi connectivity index (χ1v) is 7.61. The summed E-state index contributed by atoms with van der Waals surface area (Å²) in [6, 6.07) is 4.01. The largest absolute Gasteiger partial charge is 0.350 e. The van der Waals surface area contributed by atoms with Crippen molar-refractivity contribution in [2.75, 3.05) is 19.6 Å². The van der Waals surface area contributed by atoms with Gasteiger partial charge in [0, 0.05) is 18.8 Å². The van der Waals surface area contributed by atoms with E-state index in [0.29, 0.717) is 24.0 Å². The van der Waals surface area contributed by atoms with Crippen LogP contribution in [-0.4, -0.2) is 56.2 Å². The molecule has 2 aromatic rings. The number of aromatic nitrogens is 4. The standard InChI is InChI=1S/C15H20N6O/c1-2-20-7-3-4-13(20)9-17-15(22)12-5-6-14(16-8-12)21-10-18-19-11-21/h5-6,8,10-11,13H,2-4,7,9H2,1H3,(H,17,22)/t13-/m0/s1. The first-order valence-electron chi connectivity index (χ1n) is 7.61. The number of pyridine rings is 1. The number of likely N-dealkylation sites (N-methyl/N-ethyl adjacent to an activating group) is 1. The van der Waals surface area contributed by atoms with Crippen molar-refractivity contribution in [1.82, 2.24) is 30.0 Å². The average Bonchev–Trinajstić information content (AvgIpc) is 3.24. The van der Waals surface area contributed by atoms with Crippen molar-refractivity contribution in [3.63, 3.8) is 0 Å². The molecule has 0 unspecified atom stereocenters. The van der Waals surface area contributed by atoms with Crippen LogP contribution in [0.3, 0.4) is 0 Å². The second-order valence-electron chi connectivity index (χ2n) is 5.41. The zero-order valence-corrected chi connectivity index (χ0v) is 12.6. The third-order valence-corrected chi connectivity index (χ3v) is 4.10. The highest BCUT2D eigenvalue weighted by Crippen LogP contribution is 2.15. The summed E-state index contributed by atoms with van der Waals surface area (Å²) < 4.78 is 1.69. The molecule has 7 nitrogen and oxygen atoms in total. The second kappa shape index (κ2) is 6.65. The van der Waals surface area contributed by atoms with Crippen molar-refractivity contribution in [1.29, 1.82) is 0 Å². The molecule has 0 aliphatic carbocycles. The van der Waals surface area contributed by atoms with Gasteiger partial charge in [-0.15, -0.1) is 10.2 Å². The van der Waals surface area contributed by atoms with Crippen molar-refractivity contribution >= 4 is 5.91 Å². The molecule has 2 aromatic heterocycles. The van der Waals surface area contributed by atoms with Crippen LogP contribution in [0, 0.1) is 0 Å². The molecule has 1 aliphatic rings. The fraction of sp³-hybridized carbons (Fsp3) is 0.467. The number of rotatable bonds is 5. The number of nitrogens with one attached hydrogen (secondary N) is 1. The van der Waals surface area contributed by atoms with E-state index >= 15 is 0 Å². The molecule has 0 spiro atoms. The Morgan fingerprint density at radius 1 is 1.36 bits per heavy atom. The molecule has 1 saturated heterocycles. The van der Waals surface area contributed by atoms with Gasteiger partial charge in [0.25, 0.3) is 5.91 Å². The molecule has 7 heteroatoms. The fourth-order valence-electron chi connectivity index (χ4n) is 2.85. The zero-order valence-electron chi connectivity index (χ0n) is 12.6. The molecule has 0 bridgehead atoms. The van der Waals surface area contributed by atoms with Gasteiger partial charge in [-0.3, -0.25) is 14.3 Å². The quantitative estimate of drug-likeness (QED) is 0.887. The summed E-state index contributed by atoms with van der Waals surface area (Å²) in [5, 5.41) is 10.5. The molecule has 1 amide bonds. The Labute approximate surface area is 129 Å². The lowest BCUT2D eigenvalue weighted by Gasteiger charge is -2.22. The van der Waals surface area contributed by atoms with Gasteiger partial charge in [-0.25, -0.2) is 4.98 Å². The van der Waals surface area contributed by atoms with Crippen LogP contribution < -0.4 is 5.32 Å². The Bertz CT molecular complexity index is 609. The predicted octanol–water partition coefficient (Wildman–Crippen LogP) is 0.876. The minimum Gasteiger partial charge on any atom is -0.350 e. The minimum atomic E-state index is -0.0780. The van der Waals surface area contributed by atoms with Crippen LogP contribution in [0.5, 0.6) is 0 Å². The van der Waals surface area contributed by atoms with E-state index in [1.165, 1.54) is 6.42 Å².